The van der Waals surface area contributed by atoms with Crippen molar-refractivity contribution in [2.45, 2.75) is 6.42 Å². The summed E-state index contributed by atoms with van der Waals surface area (Å²) in [4.78, 5) is 12.0. The highest BCUT2D eigenvalue weighted by molar-refractivity contribution is 9.10. The van der Waals surface area contributed by atoms with Gasteiger partial charge >= 0.3 is 0 Å². The summed E-state index contributed by atoms with van der Waals surface area (Å²) in [7, 11) is 3.15. The van der Waals surface area contributed by atoms with Gasteiger partial charge in [0.15, 0.2) is 11.5 Å². The van der Waals surface area contributed by atoms with Gasteiger partial charge in [0.2, 0.25) is 5.91 Å². The zero-order chi connectivity index (χ0) is 17.4. The van der Waals surface area contributed by atoms with Gasteiger partial charge in [0.25, 0.3) is 0 Å². The van der Waals surface area contributed by atoms with Crippen LogP contribution >= 0.6 is 15.9 Å². The summed E-state index contributed by atoms with van der Waals surface area (Å²) >= 11 is 3.41. The summed E-state index contributed by atoms with van der Waals surface area (Å²) in [6.07, 6.45) is 0.273. The predicted octanol–water partition coefficient (Wildman–Crippen LogP) is 3.20. The van der Waals surface area contributed by atoms with E-state index < -0.39 is 0 Å². The van der Waals surface area contributed by atoms with E-state index in [9.17, 15) is 4.79 Å². The largest absolute Gasteiger partial charge is 0.493 e. The molecule has 2 aromatic rings. The quantitative estimate of drug-likeness (QED) is 0.699. The van der Waals surface area contributed by atoms with Crippen molar-refractivity contribution < 1.29 is 19.0 Å². The Bertz CT molecular complexity index is 690. The fourth-order valence-electron chi connectivity index (χ4n) is 2.15. The number of rotatable bonds is 8. The first-order valence-corrected chi connectivity index (χ1v) is 8.28. The molecule has 0 heterocycles. The molecule has 0 fully saturated rings. The van der Waals surface area contributed by atoms with Gasteiger partial charge in [0, 0.05) is 0 Å². The van der Waals surface area contributed by atoms with Crippen molar-refractivity contribution in [2.75, 3.05) is 27.4 Å². The van der Waals surface area contributed by atoms with Crippen molar-refractivity contribution in [1.82, 2.24) is 5.32 Å². The zero-order valence-electron chi connectivity index (χ0n) is 13.7. The van der Waals surface area contributed by atoms with Gasteiger partial charge in [0.1, 0.15) is 12.4 Å². The number of amides is 1. The summed E-state index contributed by atoms with van der Waals surface area (Å²) in [6.45, 7) is 0.841. The number of hydrogen-bond donors (Lipinski definition) is 1. The molecule has 0 saturated carbocycles. The molecule has 0 radical (unpaired) electrons. The second kappa shape index (κ2) is 9.17. The Morgan fingerprint density at radius 2 is 1.79 bits per heavy atom. The van der Waals surface area contributed by atoms with E-state index in [-0.39, 0.29) is 12.3 Å². The Labute approximate surface area is 150 Å². The first-order chi connectivity index (χ1) is 11.6. The Balaban J connectivity index is 1.78. The molecule has 24 heavy (non-hydrogen) atoms. The molecule has 5 nitrogen and oxygen atoms in total. The molecular formula is C18H20BrNO4. The van der Waals surface area contributed by atoms with Crippen LogP contribution in [-0.4, -0.2) is 33.3 Å². The standard InChI is InChI=1S/C18H20BrNO4/c1-22-16-8-7-13(11-17(16)23-2)12-18(21)20-9-10-24-15-6-4-3-5-14(15)19/h3-8,11H,9-10,12H2,1-2H3,(H,20,21). The van der Waals surface area contributed by atoms with E-state index in [0.717, 1.165) is 15.8 Å². The Morgan fingerprint density at radius 1 is 1.04 bits per heavy atom. The van der Waals surface area contributed by atoms with Gasteiger partial charge < -0.3 is 19.5 Å². The van der Waals surface area contributed by atoms with E-state index in [2.05, 4.69) is 21.2 Å². The average molecular weight is 394 g/mol. The monoisotopic (exact) mass is 393 g/mol. The number of nitrogens with one attached hydrogen (secondary N) is 1. The number of carbonyl (C=O) groups is 1. The topological polar surface area (TPSA) is 56.8 Å². The van der Waals surface area contributed by atoms with Crippen molar-refractivity contribution in [3.8, 4) is 17.2 Å². The molecule has 1 N–H and O–H groups in total. The number of methoxy groups -OCH3 is 2. The lowest BCUT2D eigenvalue weighted by atomic mass is 10.1. The van der Waals surface area contributed by atoms with Crippen molar-refractivity contribution in [1.29, 1.82) is 0 Å². The predicted molar refractivity (Wildman–Crippen MR) is 95.9 cm³/mol. The molecule has 6 heteroatoms. The van der Waals surface area contributed by atoms with Crippen LogP contribution in [0.5, 0.6) is 17.2 Å². The number of ether oxygens (including phenoxy) is 3. The summed E-state index contributed by atoms with van der Waals surface area (Å²) in [6, 6.07) is 13.0. The molecule has 128 valence electrons. The van der Waals surface area contributed by atoms with Crippen LogP contribution in [0.1, 0.15) is 5.56 Å². The van der Waals surface area contributed by atoms with E-state index in [1.807, 2.05) is 30.3 Å². The minimum atomic E-state index is -0.0713. The number of halogens is 1. The molecule has 2 rings (SSSR count). The van der Waals surface area contributed by atoms with Crippen LogP contribution in [0.15, 0.2) is 46.9 Å². The van der Waals surface area contributed by atoms with Crippen LogP contribution < -0.4 is 19.5 Å². The van der Waals surface area contributed by atoms with Gasteiger partial charge in [-0.2, -0.15) is 0 Å². The second-order valence-corrected chi connectivity index (χ2v) is 5.85. The normalized spacial score (nSPS) is 10.1. The molecule has 0 atom stereocenters. The van der Waals surface area contributed by atoms with Crippen LogP contribution in [-0.2, 0) is 11.2 Å². The fourth-order valence-corrected chi connectivity index (χ4v) is 2.55. The SMILES string of the molecule is COc1ccc(CC(=O)NCCOc2ccccc2Br)cc1OC. The van der Waals surface area contributed by atoms with Gasteiger partial charge in [-0.15, -0.1) is 0 Å². The van der Waals surface area contributed by atoms with Crippen LogP contribution in [0.2, 0.25) is 0 Å². The van der Waals surface area contributed by atoms with E-state index in [4.69, 9.17) is 14.2 Å². The van der Waals surface area contributed by atoms with Crippen molar-refractivity contribution in [3.63, 3.8) is 0 Å². The van der Waals surface area contributed by atoms with Gasteiger partial charge in [-0.25, -0.2) is 0 Å². The summed E-state index contributed by atoms with van der Waals surface area (Å²) in [5.74, 6) is 1.94. The first-order valence-electron chi connectivity index (χ1n) is 7.49. The molecule has 0 bridgehead atoms. The molecule has 0 aliphatic rings. The summed E-state index contributed by atoms with van der Waals surface area (Å²) in [5, 5.41) is 2.84. The third kappa shape index (κ3) is 5.16. The number of benzene rings is 2. The molecule has 0 unspecified atom stereocenters. The van der Waals surface area contributed by atoms with Gasteiger partial charge in [-0.1, -0.05) is 18.2 Å². The average Bonchev–Trinajstić information content (AvgIpc) is 2.60. The molecule has 0 spiro atoms. The molecule has 2 aromatic carbocycles. The maximum atomic E-state index is 12.0. The van der Waals surface area contributed by atoms with E-state index in [1.54, 1.807) is 26.4 Å². The van der Waals surface area contributed by atoms with E-state index in [1.165, 1.54) is 0 Å². The first kappa shape index (κ1) is 18.1. The third-order valence-corrected chi connectivity index (χ3v) is 3.99. The van der Waals surface area contributed by atoms with Crippen molar-refractivity contribution in [2.24, 2.45) is 0 Å². The zero-order valence-corrected chi connectivity index (χ0v) is 15.3. The van der Waals surface area contributed by atoms with Crippen LogP contribution in [0.3, 0.4) is 0 Å². The van der Waals surface area contributed by atoms with Crippen LogP contribution in [0, 0.1) is 0 Å². The van der Waals surface area contributed by atoms with Crippen LogP contribution in [0.25, 0.3) is 0 Å². The third-order valence-electron chi connectivity index (χ3n) is 3.33. The second-order valence-electron chi connectivity index (χ2n) is 4.99. The Kier molecular flexibility index (Phi) is 6.93. The highest BCUT2D eigenvalue weighted by Crippen LogP contribution is 2.27. The summed E-state index contributed by atoms with van der Waals surface area (Å²) in [5.41, 5.74) is 0.858. The molecule has 0 aliphatic carbocycles. The number of hydrogen-bond acceptors (Lipinski definition) is 4. The minimum absolute atomic E-state index is 0.0713. The maximum absolute atomic E-state index is 12.0. The van der Waals surface area contributed by atoms with Gasteiger partial charge in [-0.05, 0) is 45.8 Å². The minimum Gasteiger partial charge on any atom is -0.493 e. The smallest absolute Gasteiger partial charge is 0.224 e. The number of para-hydroxylation sites is 1. The van der Waals surface area contributed by atoms with Gasteiger partial charge in [0.05, 0.1) is 31.7 Å². The molecule has 0 saturated heterocycles. The summed E-state index contributed by atoms with van der Waals surface area (Å²) < 4.78 is 16.9. The van der Waals surface area contributed by atoms with Gasteiger partial charge in [-0.3, -0.25) is 4.79 Å². The molecule has 1 amide bonds. The lowest BCUT2D eigenvalue weighted by Gasteiger charge is -2.11. The highest BCUT2D eigenvalue weighted by atomic mass is 79.9. The molecular weight excluding hydrogens is 374 g/mol. The van der Waals surface area contributed by atoms with E-state index >= 15 is 0 Å². The lowest BCUT2D eigenvalue weighted by molar-refractivity contribution is -0.120. The van der Waals surface area contributed by atoms with E-state index in [0.29, 0.717) is 24.7 Å². The van der Waals surface area contributed by atoms with Crippen molar-refractivity contribution >= 4 is 21.8 Å². The number of carbonyl (C=O) groups excluding carboxylic acids is 1. The Morgan fingerprint density at radius 3 is 2.50 bits per heavy atom. The fraction of sp³-hybridized carbons (Fsp3) is 0.278. The maximum Gasteiger partial charge on any atom is 0.224 e. The Hall–Kier alpha value is -2.21. The van der Waals surface area contributed by atoms with Crippen LogP contribution in [0.4, 0.5) is 0 Å². The molecule has 0 aromatic heterocycles. The van der Waals surface area contributed by atoms with Crippen molar-refractivity contribution in [3.05, 3.63) is 52.5 Å². The lowest BCUT2D eigenvalue weighted by Crippen LogP contribution is -2.29. The molecule has 0 aliphatic heterocycles. The highest BCUT2D eigenvalue weighted by Gasteiger charge is 2.08.